The largest absolute Gasteiger partial charge is 0.465 e. The molecule has 0 bridgehead atoms. The van der Waals surface area contributed by atoms with E-state index >= 15 is 0 Å². The van der Waals surface area contributed by atoms with Crippen molar-refractivity contribution in [3.05, 3.63) is 65.7 Å². The Morgan fingerprint density at radius 3 is 2.84 bits per heavy atom. The summed E-state index contributed by atoms with van der Waals surface area (Å²) in [5.41, 5.74) is 3.51. The molecule has 2 heterocycles. The average Bonchev–Trinajstić information content (AvgIpc) is 3.02. The van der Waals surface area contributed by atoms with Gasteiger partial charge in [-0.1, -0.05) is 12.1 Å². The van der Waals surface area contributed by atoms with Gasteiger partial charge in [0.05, 0.1) is 53.4 Å². The van der Waals surface area contributed by atoms with Gasteiger partial charge in [-0.25, -0.2) is 9.48 Å². The van der Waals surface area contributed by atoms with Gasteiger partial charge in [-0.2, -0.15) is 10.4 Å². The monoisotopic (exact) mass is 333 g/mol. The number of nitrogens with zero attached hydrogens (tertiary/aromatic N) is 4. The van der Waals surface area contributed by atoms with Crippen LogP contribution >= 0.6 is 0 Å². The molecule has 0 aliphatic rings. The van der Waals surface area contributed by atoms with Crippen LogP contribution in [0.5, 0.6) is 0 Å². The molecule has 2 aromatic heterocycles. The first-order chi connectivity index (χ1) is 12.1. The van der Waals surface area contributed by atoms with Crippen LogP contribution in [0.4, 0.5) is 11.4 Å². The molecule has 0 amide bonds. The second-order valence-corrected chi connectivity index (χ2v) is 5.24. The van der Waals surface area contributed by atoms with E-state index in [4.69, 9.17) is 4.74 Å². The van der Waals surface area contributed by atoms with Crippen molar-refractivity contribution in [1.29, 1.82) is 5.26 Å². The number of carbonyl (C=O) groups excluding carboxylic acids is 1. The Bertz CT molecular complexity index is 972. The first kappa shape index (κ1) is 16.2. The van der Waals surface area contributed by atoms with Crippen molar-refractivity contribution in [2.45, 2.75) is 6.92 Å². The number of hydrogen-bond donors (Lipinski definition) is 1. The zero-order valence-electron chi connectivity index (χ0n) is 13.7. The first-order valence-corrected chi connectivity index (χ1v) is 7.49. The SMILES string of the molecule is COC(=O)c1ccncc1Nc1cn(-c2ccccc2C#N)nc1C. The predicted molar refractivity (Wildman–Crippen MR) is 91.9 cm³/mol. The van der Waals surface area contributed by atoms with E-state index in [0.717, 1.165) is 0 Å². The number of nitrogens with one attached hydrogen (secondary N) is 1. The minimum Gasteiger partial charge on any atom is -0.465 e. The average molecular weight is 333 g/mol. The molecule has 3 aromatic rings. The van der Waals surface area contributed by atoms with Gasteiger partial charge in [0.2, 0.25) is 0 Å². The van der Waals surface area contributed by atoms with Crippen molar-refractivity contribution in [1.82, 2.24) is 14.8 Å². The maximum atomic E-state index is 11.9. The van der Waals surface area contributed by atoms with Crippen LogP contribution in [0.1, 0.15) is 21.6 Å². The summed E-state index contributed by atoms with van der Waals surface area (Å²) in [6, 6.07) is 10.9. The molecule has 0 radical (unpaired) electrons. The molecule has 0 aliphatic heterocycles. The molecule has 7 nitrogen and oxygen atoms in total. The molecule has 124 valence electrons. The molecule has 1 N–H and O–H groups in total. The van der Waals surface area contributed by atoms with Gasteiger partial charge in [-0.3, -0.25) is 4.98 Å². The summed E-state index contributed by atoms with van der Waals surface area (Å²) in [4.78, 5) is 15.9. The molecule has 0 aliphatic carbocycles. The van der Waals surface area contributed by atoms with Crippen LogP contribution in [-0.4, -0.2) is 27.8 Å². The number of anilines is 2. The number of aryl methyl sites for hydroxylation is 1. The van der Waals surface area contributed by atoms with Crippen LogP contribution in [-0.2, 0) is 4.74 Å². The number of esters is 1. The number of rotatable bonds is 4. The highest BCUT2D eigenvalue weighted by Crippen LogP contribution is 2.24. The molecule has 0 spiro atoms. The lowest BCUT2D eigenvalue weighted by Crippen LogP contribution is -2.06. The maximum Gasteiger partial charge on any atom is 0.340 e. The van der Waals surface area contributed by atoms with E-state index in [1.807, 2.05) is 19.1 Å². The van der Waals surface area contributed by atoms with Gasteiger partial charge in [-0.15, -0.1) is 0 Å². The minimum absolute atomic E-state index is 0.377. The van der Waals surface area contributed by atoms with E-state index in [0.29, 0.717) is 33.9 Å². The topological polar surface area (TPSA) is 92.8 Å². The molecule has 1 aromatic carbocycles. The van der Waals surface area contributed by atoms with Gasteiger partial charge < -0.3 is 10.1 Å². The standard InChI is InChI=1S/C18H15N5O2/c1-12-16(21-15-10-20-8-7-14(15)18(24)25-2)11-23(22-12)17-6-4-3-5-13(17)9-19/h3-8,10-11,21H,1-2H3. The van der Waals surface area contributed by atoms with Gasteiger partial charge in [0.25, 0.3) is 0 Å². The predicted octanol–water partition coefficient (Wildman–Crippen LogP) is 2.98. The molecule has 7 heteroatoms. The summed E-state index contributed by atoms with van der Waals surface area (Å²) in [7, 11) is 1.33. The highest BCUT2D eigenvalue weighted by atomic mass is 16.5. The number of benzene rings is 1. The fourth-order valence-electron chi connectivity index (χ4n) is 2.40. The number of hydrogen-bond acceptors (Lipinski definition) is 6. The highest BCUT2D eigenvalue weighted by molar-refractivity contribution is 5.96. The zero-order valence-corrected chi connectivity index (χ0v) is 13.7. The van der Waals surface area contributed by atoms with Gasteiger partial charge in [0, 0.05) is 6.20 Å². The summed E-state index contributed by atoms with van der Waals surface area (Å²) in [6.45, 7) is 1.84. The van der Waals surface area contributed by atoms with E-state index in [1.54, 1.807) is 35.3 Å². The van der Waals surface area contributed by atoms with Crippen LogP contribution in [0.2, 0.25) is 0 Å². The Hall–Kier alpha value is -3.66. The smallest absolute Gasteiger partial charge is 0.340 e. The third-order valence-corrected chi connectivity index (χ3v) is 3.67. The van der Waals surface area contributed by atoms with Crippen molar-refractivity contribution >= 4 is 17.3 Å². The molecule has 0 saturated heterocycles. The molecular formula is C18H15N5O2. The molecule has 25 heavy (non-hydrogen) atoms. The highest BCUT2D eigenvalue weighted by Gasteiger charge is 2.15. The Balaban J connectivity index is 1.98. The van der Waals surface area contributed by atoms with E-state index in [1.165, 1.54) is 13.3 Å². The van der Waals surface area contributed by atoms with E-state index in [2.05, 4.69) is 21.5 Å². The van der Waals surface area contributed by atoms with E-state index < -0.39 is 5.97 Å². The van der Waals surface area contributed by atoms with Crippen LogP contribution in [0, 0.1) is 18.3 Å². The van der Waals surface area contributed by atoms with Crippen molar-refractivity contribution in [2.24, 2.45) is 0 Å². The summed E-state index contributed by atoms with van der Waals surface area (Å²) in [6.07, 6.45) is 4.84. The van der Waals surface area contributed by atoms with Crippen LogP contribution < -0.4 is 5.32 Å². The number of ether oxygens (including phenoxy) is 1. The number of methoxy groups -OCH3 is 1. The lowest BCUT2D eigenvalue weighted by Gasteiger charge is -2.08. The third-order valence-electron chi connectivity index (χ3n) is 3.67. The van der Waals surface area contributed by atoms with Crippen LogP contribution in [0.15, 0.2) is 48.9 Å². The molecule has 0 fully saturated rings. The summed E-state index contributed by atoms with van der Waals surface area (Å²) < 4.78 is 6.42. The van der Waals surface area contributed by atoms with Crippen molar-refractivity contribution in [3.63, 3.8) is 0 Å². The summed E-state index contributed by atoms with van der Waals surface area (Å²) >= 11 is 0. The van der Waals surface area contributed by atoms with Crippen molar-refractivity contribution < 1.29 is 9.53 Å². The van der Waals surface area contributed by atoms with Gasteiger partial charge in [-0.05, 0) is 25.1 Å². The molecule has 0 saturated carbocycles. The number of carbonyl (C=O) groups is 1. The Morgan fingerprint density at radius 1 is 1.28 bits per heavy atom. The van der Waals surface area contributed by atoms with Crippen LogP contribution in [0.3, 0.4) is 0 Å². The van der Waals surface area contributed by atoms with E-state index in [-0.39, 0.29) is 0 Å². The molecule has 0 atom stereocenters. The van der Waals surface area contributed by atoms with Gasteiger partial charge >= 0.3 is 5.97 Å². The Kier molecular flexibility index (Phi) is 4.44. The molecule has 0 unspecified atom stereocenters. The van der Waals surface area contributed by atoms with Crippen molar-refractivity contribution in [3.8, 4) is 11.8 Å². The zero-order chi connectivity index (χ0) is 17.8. The summed E-state index contributed by atoms with van der Waals surface area (Å²) in [5.74, 6) is -0.454. The Morgan fingerprint density at radius 2 is 2.08 bits per heavy atom. The third kappa shape index (κ3) is 3.19. The number of nitriles is 1. The van der Waals surface area contributed by atoms with Gasteiger partial charge in [0.15, 0.2) is 0 Å². The first-order valence-electron chi connectivity index (χ1n) is 7.49. The quantitative estimate of drug-likeness (QED) is 0.738. The number of pyridine rings is 1. The van der Waals surface area contributed by atoms with E-state index in [9.17, 15) is 10.1 Å². The molecule has 3 rings (SSSR count). The fraction of sp³-hybridized carbons (Fsp3) is 0.111. The lowest BCUT2D eigenvalue weighted by atomic mass is 10.2. The normalized spacial score (nSPS) is 10.1. The van der Waals surface area contributed by atoms with Gasteiger partial charge in [0.1, 0.15) is 6.07 Å². The Labute approximate surface area is 144 Å². The lowest BCUT2D eigenvalue weighted by molar-refractivity contribution is 0.0602. The number of aromatic nitrogens is 3. The fourth-order valence-corrected chi connectivity index (χ4v) is 2.40. The maximum absolute atomic E-state index is 11.9. The van der Waals surface area contributed by atoms with Crippen molar-refractivity contribution in [2.75, 3.05) is 12.4 Å². The second-order valence-electron chi connectivity index (χ2n) is 5.24. The molecular weight excluding hydrogens is 318 g/mol. The second kappa shape index (κ2) is 6.84. The minimum atomic E-state index is -0.454. The van der Waals surface area contributed by atoms with Crippen LogP contribution in [0.25, 0.3) is 5.69 Å². The summed E-state index contributed by atoms with van der Waals surface area (Å²) in [5, 5.41) is 16.9. The number of para-hydroxylation sites is 1.